The van der Waals surface area contributed by atoms with E-state index < -0.39 is 0 Å². The van der Waals surface area contributed by atoms with E-state index in [-0.39, 0.29) is 0 Å². The Labute approximate surface area is 122 Å². The van der Waals surface area contributed by atoms with Gasteiger partial charge in [-0.15, -0.1) is 0 Å². The molecule has 5 heteroatoms. The standard InChI is InChI=1S/C15H29N5/c1-18-15(5-8-17-18)6-10-20-13-11-19(12-14-20)9-4-2-3-7-16/h5,8H,2-4,6-7,9-14,16H2,1H3. The van der Waals surface area contributed by atoms with Crippen LogP contribution in [0.15, 0.2) is 12.3 Å². The minimum atomic E-state index is 0.835. The van der Waals surface area contributed by atoms with E-state index in [9.17, 15) is 0 Å². The Morgan fingerprint density at radius 2 is 1.75 bits per heavy atom. The first kappa shape index (κ1) is 15.5. The monoisotopic (exact) mass is 279 g/mol. The van der Waals surface area contributed by atoms with Gasteiger partial charge in [-0.1, -0.05) is 6.42 Å². The first-order chi connectivity index (χ1) is 9.79. The van der Waals surface area contributed by atoms with Gasteiger partial charge in [0.2, 0.25) is 0 Å². The van der Waals surface area contributed by atoms with Crippen LogP contribution >= 0.6 is 0 Å². The van der Waals surface area contributed by atoms with Crippen LogP contribution in [0.4, 0.5) is 0 Å². The second-order valence-corrected chi connectivity index (χ2v) is 5.73. The molecule has 20 heavy (non-hydrogen) atoms. The summed E-state index contributed by atoms with van der Waals surface area (Å²) in [4.78, 5) is 5.17. The number of unbranched alkanes of at least 4 members (excludes halogenated alkanes) is 2. The molecule has 0 unspecified atom stereocenters. The van der Waals surface area contributed by atoms with Crippen LogP contribution in [0.3, 0.4) is 0 Å². The summed E-state index contributed by atoms with van der Waals surface area (Å²) in [7, 11) is 2.02. The van der Waals surface area contributed by atoms with Crippen LogP contribution in [0.2, 0.25) is 0 Å². The topological polar surface area (TPSA) is 50.3 Å². The van der Waals surface area contributed by atoms with Crippen molar-refractivity contribution < 1.29 is 0 Å². The molecule has 1 fully saturated rings. The Balaban J connectivity index is 1.58. The van der Waals surface area contributed by atoms with Crippen molar-refractivity contribution in [1.29, 1.82) is 0 Å². The van der Waals surface area contributed by atoms with Gasteiger partial charge >= 0.3 is 0 Å². The zero-order chi connectivity index (χ0) is 14.2. The molecule has 1 aromatic rings. The number of aromatic nitrogens is 2. The van der Waals surface area contributed by atoms with Crippen LogP contribution in [-0.2, 0) is 13.5 Å². The fourth-order valence-corrected chi connectivity index (χ4v) is 2.81. The van der Waals surface area contributed by atoms with E-state index in [0.717, 1.165) is 19.5 Å². The summed E-state index contributed by atoms with van der Waals surface area (Å²) < 4.78 is 1.98. The normalized spacial score (nSPS) is 17.7. The molecule has 0 amide bonds. The Morgan fingerprint density at radius 3 is 2.35 bits per heavy atom. The third-order valence-corrected chi connectivity index (χ3v) is 4.25. The fraction of sp³-hybridized carbons (Fsp3) is 0.800. The maximum absolute atomic E-state index is 5.52. The van der Waals surface area contributed by atoms with Crippen molar-refractivity contribution in [2.24, 2.45) is 12.8 Å². The van der Waals surface area contributed by atoms with Crippen LogP contribution in [0, 0.1) is 0 Å². The summed E-state index contributed by atoms with van der Waals surface area (Å²) in [6, 6.07) is 2.12. The highest BCUT2D eigenvalue weighted by Crippen LogP contribution is 2.06. The number of rotatable bonds is 8. The number of hydrogen-bond acceptors (Lipinski definition) is 4. The molecule has 0 spiro atoms. The summed E-state index contributed by atoms with van der Waals surface area (Å²) in [6.07, 6.45) is 6.73. The molecule has 1 aliphatic rings. The Kier molecular flexibility index (Phi) is 6.50. The van der Waals surface area contributed by atoms with Crippen molar-refractivity contribution in [2.45, 2.75) is 25.7 Å². The van der Waals surface area contributed by atoms with Gasteiger partial charge in [-0.05, 0) is 32.0 Å². The third-order valence-electron chi connectivity index (χ3n) is 4.25. The average molecular weight is 279 g/mol. The molecule has 0 radical (unpaired) electrons. The van der Waals surface area contributed by atoms with Gasteiger partial charge < -0.3 is 15.5 Å². The molecule has 1 aromatic heterocycles. The maximum atomic E-state index is 5.52. The van der Waals surface area contributed by atoms with Crippen LogP contribution in [0.25, 0.3) is 0 Å². The number of hydrogen-bond donors (Lipinski definition) is 1. The highest BCUT2D eigenvalue weighted by atomic mass is 15.3. The lowest BCUT2D eigenvalue weighted by Gasteiger charge is -2.34. The smallest absolute Gasteiger partial charge is 0.0492 e. The molecule has 5 nitrogen and oxygen atoms in total. The first-order valence-corrected chi connectivity index (χ1v) is 7.91. The second-order valence-electron chi connectivity index (χ2n) is 5.73. The summed E-state index contributed by atoms with van der Waals surface area (Å²) in [5.74, 6) is 0. The summed E-state index contributed by atoms with van der Waals surface area (Å²) in [5.41, 5.74) is 6.85. The number of nitrogens with two attached hydrogens (primary N) is 1. The average Bonchev–Trinajstić information content (AvgIpc) is 2.88. The van der Waals surface area contributed by atoms with E-state index in [2.05, 4.69) is 21.0 Å². The molecule has 0 saturated carbocycles. The van der Waals surface area contributed by atoms with Crippen molar-refractivity contribution in [2.75, 3.05) is 45.8 Å². The molecule has 2 heterocycles. The molecule has 114 valence electrons. The van der Waals surface area contributed by atoms with E-state index >= 15 is 0 Å². The zero-order valence-corrected chi connectivity index (χ0v) is 12.8. The lowest BCUT2D eigenvalue weighted by molar-refractivity contribution is 0.131. The van der Waals surface area contributed by atoms with Crippen molar-refractivity contribution in [3.8, 4) is 0 Å². The van der Waals surface area contributed by atoms with Crippen LogP contribution in [0.5, 0.6) is 0 Å². The fourth-order valence-electron chi connectivity index (χ4n) is 2.81. The summed E-state index contributed by atoms with van der Waals surface area (Å²) >= 11 is 0. The molecule has 0 aliphatic carbocycles. The van der Waals surface area contributed by atoms with E-state index in [1.54, 1.807) is 0 Å². The molecule has 1 aliphatic heterocycles. The zero-order valence-electron chi connectivity index (χ0n) is 12.8. The van der Waals surface area contributed by atoms with Crippen molar-refractivity contribution in [1.82, 2.24) is 19.6 Å². The van der Waals surface area contributed by atoms with E-state index in [1.807, 2.05) is 17.9 Å². The Hall–Kier alpha value is -0.910. The van der Waals surface area contributed by atoms with Gasteiger partial charge in [0, 0.05) is 58.1 Å². The van der Waals surface area contributed by atoms with E-state index in [0.29, 0.717) is 0 Å². The number of nitrogens with zero attached hydrogens (tertiary/aromatic N) is 4. The molecule has 2 rings (SSSR count). The van der Waals surface area contributed by atoms with Crippen molar-refractivity contribution in [3.63, 3.8) is 0 Å². The van der Waals surface area contributed by atoms with Gasteiger partial charge in [0.05, 0.1) is 0 Å². The number of aryl methyl sites for hydroxylation is 1. The quantitative estimate of drug-likeness (QED) is 0.712. The maximum Gasteiger partial charge on any atom is 0.0492 e. The minimum absolute atomic E-state index is 0.835. The minimum Gasteiger partial charge on any atom is -0.330 e. The van der Waals surface area contributed by atoms with Crippen LogP contribution in [0.1, 0.15) is 25.0 Å². The summed E-state index contributed by atoms with van der Waals surface area (Å²) in [5, 5.41) is 4.22. The van der Waals surface area contributed by atoms with Crippen LogP contribution in [-0.4, -0.2) is 65.4 Å². The summed E-state index contributed by atoms with van der Waals surface area (Å²) in [6.45, 7) is 8.07. The van der Waals surface area contributed by atoms with Crippen molar-refractivity contribution >= 4 is 0 Å². The second kappa shape index (κ2) is 8.39. The SMILES string of the molecule is Cn1nccc1CCN1CCN(CCCCCN)CC1. The largest absolute Gasteiger partial charge is 0.330 e. The molecular weight excluding hydrogens is 250 g/mol. The predicted molar refractivity (Wildman–Crippen MR) is 82.7 cm³/mol. The van der Waals surface area contributed by atoms with Gasteiger partial charge in [0.1, 0.15) is 0 Å². The van der Waals surface area contributed by atoms with Gasteiger partial charge in [-0.3, -0.25) is 4.68 Å². The number of piperazine rings is 1. The van der Waals surface area contributed by atoms with Gasteiger partial charge in [-0.25, -0.2) is 0 Å². The molecule has 0 aromatic carbocycles. The van der Waals surface area contributed by atoms with Gasteiger partial charge in [0.25, 0.3) is 0 Å². The Bertz CT molecular complexity index is 368. The highest BCUT2D eigenvalue weighted by Gasteiger charge is 2.16. The molecule has 1 saturated heterocycles. The molecular formula is C15H29N5. The highest BCUT2D eigenvalue weighted by molar-refractivity contribution is 5.00. The van der Waals surface area contributed by atoms with Crippen LogP contribution < -0.4 is 5.73 Å². The van der Waals surface area contributed by atoms with Crippen molar-refractivity contribution in [3.05, 3.63) is 18.0 Å². The third kappa shape index (κ3) is 4.89. The van der Waals surface area contributed by atoms with Gasteiger partial charge in [0.15, 0.2) is 0 Å². The molecule has 0 bridgehead atoms. The lowest BCUT2D eigenvalue weighted by atomic mass is 10.2. The lowest BCUT2D eigenvalue weighted by Crippen LogP contribution is -2.47. The van der Waals surface area contributed by atoms with E-state index in [1.165, 1.54) is 57.7 Å². The molecule has 2 N–H and O–H groups in total. The van der Waals surface area contributed by atoms with E-state index in [4.69, 9.17) is 5.73 Å². The predicted octanol–water partition coefficient (Wildman–Crippen LogP) is 0.709. The Morgan fingerprint density at radius 1 is 1.05 bits per heavy atom. The van der Waals surface area contributed by atoms with Gasteiger partial charge in [-0.2, -0.15) is 5.10 Å². The molecule has 0 atom stereocenters. The first-order valence-electron chi connectivity index (χ1n) is 7.91.